The third kappa shape index (κ3) is 4.45. The molecule has 0 saturated heterocycles. The highest BCUT2D eigenvalue weighted by Gasteiger charge is 2.24. The van der Waals surface area contributed by atoms with E-state index in [-0.39, 0.29) is 5.91 Å². The Morgan fingerprint density at radius 1 is 1.39 bits per heavy atom. The fraction of sp³-hybridized carbons (Fsp3) is 0.562. The minimum absolute atomic E-state index is 0.0801. The van der Waals surface area contributed by atoms with Crippen molar-refractivity contribution in [3.05, 3.63) is 29.3 Å². The molecule has 1 heterocycles. The monoisotopic (exact) mass is 338 g/mol. The predicted molar refractivity (Wildman–Crippen MR) is 86.7 cm³/mol. The number of amides is 1. The summed E-state index contributed by atoms with van der Waals surface area (Å²) < 4.78 is 30.6. The van der Waals surface area contributed by atoms with Gasteiger partial charge in [0.05, 0.1) is 6.26 Å². The van der Waals surface area contributed by atoms with Gasteiger partial charge in [0, 0.05) is 31.1 Å². The van der Waals surface area contributed by atoms with Crippen LogP contribution in [0.1, 0.15) is 30.4 Å². The van der Waals surface area contributed by atoms with Crippen LogP contribution in [0.3, 0.4) is 0 Å². The molecule has 1 aromatic rings. The van der Waals surface area contributed by atoms with Gasteiger partial charge in [-0.3, -0.25) is 4.79 Å². The number of benzene rings is 1. The summed E-state index contributed by atoms with van der Waals surface area (Å²) in [4.78, 5) is 11.8. The summed E-state index contributed by atoms with van der Waals surface area (Å²) >= 11 is 0. The standard InChI is InChI=1S/C16H22N2O4S/c1-23(20,21)18-8-9-22-15-6-2-12(10-13(15)11-18)3-7-16(19)17-14-4-5-14/h2,6,10,14H,3-5,7-9,11H2,1H3,(H,17,19). The highest BCUT2D eigenvalue weighted by molar-refractivity contribution is 7.88. The lowest BCUT2D eigenvalue weighted by Crippen LogP contribution is -2.31. The molecule has 6 nitrogen and oxygen atoms in total. The summed E-state index contributed by atoms with van der Waals surface area (Å²) in [6.07, 6.45) is 4.48. The van der Waals surface area contributed by atoms with Crippen LogP contribution in [0, 0.1) is 0 Å². The van der Waals surface area contributed by atoms with Crippen LogP contribution in [0.5, 0.6) is 5.75 Å². The van der Waals surface area contributed by atoms with Crippen LogP contribution in [-0.2, 0) is 27.8 Å². The number of nitrogens with zero attached hydrogens (tertiary/aromatic N) is 1. The molecule has 0 unspecified atom stereocenters. The summed E-state index contributed by atoms with van der Waals surface area (Å²) in [7, 11) is -3.25. The van der Waals surface area contributed by atoms with E-state index in [1.807, 2.05) is 18.2 Å². The second-order valence-corrected chi connectivity index (χ2v) is 8.21. The van der Waals surface area contributed by atoms with Gasteiger partial charge in [-0.15, -0.1) is 0 Å². The van der Waals surface area contributed by atoms with E-state index in [0.717, 1.165) is 29.7 Å². The lowest BCUT2D eigenvalue weighted by molar-refractivity contribution is -0.121. The molecule has 1 aliphatic carbocycles. The molecule has 1 aromatic carbocycles. The molecule has 1 N–H and O–H groups in total. The smallest absolute Gasteiger partial charge is 0.220 e. The molecule has 0 atom stereocenters. The molecule has 1 saturated carbocycles. The van der Waals surface area contributed by atoms with Gasteiger partial charge in [-0.25, -0.2) is 8.42 Å². The molecule has 1 amide bonds. The zero-order valence-electron chi connectivity index (χ0n) is 13.2. The average molecular weight is 338 g/mol. The largest absolute Gasteiger partial charge is 0.492 e. The molecule has 0 bridgehead atoms. The Bertz CT molecular complexity index is 698. The zero-order valence-corrected chi connectivity index (χ0v) is 14.1. The minimum atomic E-state index is -3.25. The van der Waals surface area contributed by atoms with Crippen molar-refractivity contribution in [3.63, 3.8) is 0 Å². The van der Waals surface area contributed by atoms with Crippen LogP contribution < -0.4 is 10.1 Å². The Hall–Kier alpha value is -1.60. The highest BCUT2D eigenvalue weighted by Crippen LogP contribution is 2.26. The van der Waals surface area contributed by atoms with Gasteiger partial charge in [-0.1, -0.05) is 12.1 Å². The number of ether oxygens (including phenoxy) is 1. The van der Waals surface area contributed by atoms with E-state index in [2.05, 4.69) is 5.32 Å². The van der Waals surface area contributed by atoms with Crippen LogP contribution in [0.15, 0.2) is 18.2 Å². The Morgan fingerprint density at radius 2 is 2.17 bits per heavy atom. The van der Waals surface area contributed by atoms with E-state index in [1.54, 1.807) is 0 Å². The minimum Gasteiger partial charge on any atom is -0.492 e. The Labute approximate surface area is 136 Å². The molecular formula is C16H22N2O4S. The van der Waals surface area contributed by atoms with E-state index >= 15 is 0 Å². The summed E-state index contributed by atoms with van der Waals surface area (Å²) in [6.45, 7) is 1.02. The first-order valence-electron chi connectivity index (χ1n) is 7.91. The van der Waals surface area contributed by atoms with Gasteiger partial charge in [0.2, 0.25) is 15.9 Å². The average Bonchev–Trinajstić information content (AvgIpc) is 3.29. The van der Waals surface area contributed by atoms with E-state index in [9.17, 15) is 13.2 Å². The lowest BCUT2D eigenvalue weighted by Gasteiger charge is -2.16. The molecule has 0 spiro atoms. The van der Waals surface area contributed by atoms with Crippen LogP contribution in [0.4, 0.5) is 0 Å². The summed E-state index contributed by atoms with van der Waals surface area (Å²) in [5.41, 5.74) is 1.88. The maximum atomic E-state index is 11.8. The number of aryl methyl sites for hydroxylation is 1. The number of rotatable bonds is 5. The van der Waals surface area contributed by atoms with Crippen molar-refractivity contribution < 1.29 is 17.9 Å². The topological polar surface area (TPSA) is 75.7 Å². The summed E-state index contributed by atoms with van der Waals surface area (Å²) in [5.74, 6) is 0.804. The number of hydrogen-bond acceptors (Lipinski definition) is 4. The molecule has 1 aliphatic heterocycles. The Kier molecular flexibility index (Phi) is 4.59. The van der Waals surface area contributed by atoms with Gasteiger partial charge in [-0.2, -0.15) is 4.31 Å². The first-order chi connectivity index (χ1) is 10.9. The van der Waals surface area contributed by atoms with Gasteiger partial charge in [0.1, 0.15) is 12.4 Å². The third-order valence-electron chi connectivity index (χ3n) is 4.12. The van der Waals surface area contributed by atoms with Crippen molar-refractivity contribution in [3.8, 4) is 5.75 Å². The summed E-state index contributed by atoms with van der Waals surface area (Å²) in [6, 6.07) is 6.14. The number of nitrogens with one attached hydrogen (secondary N) is 1. The summed E-state index contributed by atoms with van der Waals surface area (Å²) in [5, 5.41) is 2.97. The van der Waals surface area contributed by atoms with Gasteiger partial charge < -0.3 is 10.1 Å². The molecule has 3 rings (SSSR count). The fourth-order valence-electron chi connectivity index (χ4n) is 2.65. The molecule has 1 fully saturated rings. The molecule has 0 radical (unpaired) electrons. The molecule has 7 heteroatoms. The lowest BCUT2D eigenvalue weighted by atomic mass is 10.1. The number of carbonyl (C=O) groups is 1. The number of hydrogen-bond donors (Lipinski definition) is 1. The molecule has 2 aliphatic rings. The van der Waals surface area contributed by atoms with Gasteiger partial charge in [-0.05, 0) is 30.9 Å². The molecule has 0 aromatic heterocycles. The molecular weight excluding hydrogens is 316 g/mol. The van der Waals surface area contributed by atoms with E-state index in [0.29, 0.717) is 38.6 Å². The van der Waals surface area contributed by atoms with E-state index < -0.39 is 10.0 Å². The number of carbonyl (C=O) groups excluding carboxylic acids is 1. The van der Waals surface area contributed by atoms with Gasteiger partial charge in [0.15, 0.2) is 0 Å². The normalized spacial score (nSPS) is 18.7. The predicted octanol–water partition coefficient (Wildman–Crippen LogP) is 1.05. The first-order valence-corrected chi connectivity index (χ1v) is 9.76. The maximum Gasteiger partial charge on any atom is 0.220 e. The quantitative estimate of drug-likeness (QED) is 0.871. The van der Waals surface area contributed by atoms with Crippen molar-refractivity contribution in [2.24, 2.45) is 0 Å². The van der Waals surface area contributed by atoms with E-state index in [1.165, 1.54) is 10.6 Å². The van der Waals surface area contributed by atoms with Crippen molar-refractivity contribution in [1.29, 1.82) is 0 Å². The zero-order chi connectivity index (χ0) is 16.4. The van der Waals surface area contributed by atoms with Gasteiger partial charge >= 0.3 is 0 Å². The van der Waals surface area contributed by atoms with Gasteiger partial charge in [0.25, 0.3) is 0 Å². The van der Waals surface area contributed by atoms with Crippen LogP contribution in [-0.4, -0.2) is 44.1 Å². The second-order valence-electron chi connectivity index (χ2n) is 6.23. The number of fused-ring (bicyclic) bond motifs is 1. The van der Waals surface area contributed by atoms with Crippen molar-refractivity contribution in [1.82, 2.24) is 9.62 Å². The van der Waals surface area contributed by atoms with E-state index in [4.69, 9.17) is 4.74 Å². The van der Waals surface area contributed by atoms with Crippen LogP contribution in [0.2, 0.25) is 0 Å². The number of sulfonamides is 1. The maximum absolute atomic E-state index is 11.8. The molecule has 126 valence electrons. The third-order valence-corrected chi connectivity index (χ3v) is 5.37. The second kappa shape index (κ2) is 6.49. The highest BCUT2D eigenvalue weighted by atomic mass is 32.2. The van der Waals surface area contributed by atoms with Crippen molar-refractivity contribution in [2.45, 2.75) is 38.3 Å². The first kappa shape index (κ1) is 16.3. The Balaban J connectivity index is 1.67. The van der Waals surface area contributed by atoms with Crippen molar-refractivity contribution in [2.75, 3.05) is 19.4 Å². The van der Waals surface area contributed by atoms with Crippen molar-refractivity contribution >= 4 is 15.9 Å². The Morgan fingerprint density at radius 3 is 2.87 bits per heavy atom. The van der Waals surface area contributed by atoms with Crippen LogP contribution >= 0.6 is 0 Å². The fourth-order valence-corrected chi connectivity index (χ4v) is 3.43. The SMILES string of the molecule is CS(=O)(=O)N1CCOc2ccc(CCC(=O)NC3CC3)cc2C1. The molecule has 23 heavy (non-hydrogen) atoms. The van der Waals surface area contributed by atoms with Crippen LogP contribution in [0.25, 0.3) is 0 Å².